The summed E-state index contributed by atoms with van der Waals surface area (Å²) in [7, 11) is 0. The molecule has 3 amide bonds. The molecule has 1 atom stereocenters. The summed E-state index contributed by atoms with van der Waals surface area (Å²) in [5.41, 5.74) is 0. The Morgan fingerprint density at radius 2 is 2.17 bits per heavy atom. The van der Waals surface area contributed by atoms with E-state index < -0.39 is 11.3 Å². The molecule has 0 spiro atoms. The number of imide groups is 1. The molecule has 1 unspecified atom stereocenters. The van der Waals surface area contributed by atoms with Crippen LogP contribution in [0.15, 0.2) is 34.3 Å². The average Bonchev–Trinajstić information content (AvgIpc) is 3.18. The summed E-state index contributed by atoms with van der Waals surface area (Å²) in [6.07, 6.45) is 3.17. The fourth-order valence-corrected chi connectivity index (χ4v) is 2.60. The van der Waals surface area contributed by atoms with Crippen molar-refractivity contribution in [3.63, 3.8) is 0 Å². The van der Waals surface area contributed by atoms with E-state index >= 15 is 0 Å². The van der Waals surface area contributed by atoms with Crippen molar-refractivity contribution >= 4 is 23.7 Å². The molecule has 24 heavy (non-hydrogen) atoms. The maximum absolute atomic E-state index is 12.1. The SMILES string of the molecule is CC(C)CNC(=O)NC(=O)C(C)Sc1nncn1Cc1ccco1. The number of furan rings is 1. The van der Waals surface area contributed by atoms with Crippen LogP contribution in [0.4, 0.5) is 4.79 Å². The fraction of sp³-hybridized carbons (Fsp3) is 0.467. The maximum Gasteiger partial charge on any atom is 0.321 e. The summed E-state index contributed by atoms with van der Waals surface area (Å²) in [6.45, 7) is 6.66. The zero-order valence-electron chi connectivity index (χ0n) is 13.9. The van der Waals surface area contributed by atoms with Crippen molar-refractivity contribution in [1.82, 2.24) is 25.4 Å². The second-order valence-corrected chi connectivity index (χ2v) is 6.98. The summed E-state index contributed by atoms with van der Waals surface area (Å²) in [4.78, 5) is 23.7. The summed E-state index contributed by atoms with van der Waals surface area (Å²) in [6, 6.07) is 3.17. The molecule has 0 bridgehead atoms. The Kier molecular flexibility index (Phi) is 6.42. The third-order valence-corrected chi connectivity index (χ3v) is 4.14. The van der Waals surface area contributed by atoms with Gasteiger partial charge in [0.25, 0.3) is 0 Å². The zero-order valence-corrected chi connectivity index (χ0v) is 14.7. The van der Waals surface area contributed by atoms with Crippen LogP contribution in [0.2, 0.25) is 0 Å². The number of carbonyl (C=O) groups excluding carboxylic acids is 2. The first kappa shape index (κ1) is 18.1. The second-order valence-electron chi connectivity index (χ2n) is 5.67. The van der Waals surface area contributed by atoms with Gasteiger partial charge in [-0.1, -0.05) is 25.6 Å². The van der Waals surface area contributed by atoms with Crippen LogP contribution in [-0.2, 0) is 11.3 Å². The van der Waals surface area contributed by atoms with Crippen molar-refractivity contribution < 1.29 is 14.0 Å². The Labute approximate surface area is 144 Å². The molecule has 130 valence electrons. The standard InChI is InChI=1S/C15H21N5O3S/c1-10(2)7-16-14(22)18-13(21)11(3)24-15-19-17-9-20(15)8-12-5-4-6-23-12/h4-6,9-11H,7-8H2,1-3H3,(H2,16,18,21,22). The highest BCUT2D eigenvalue weighted by Gasteiger charge is 2.20. The van der Waals surface area contributed by atoms with Crippen molar-refractivity contribution in [3.05, 3.63) is 30.5 Å². The average molecular weight is 351 g/mol. The predicted octanol–water partition coefficient (Wildman–Crippen LogP) is 1.88. The van der Waals surface area contributed by atoms with Gasteiger partial charge in [-0.3, -0.25) is 10.1 Å². The number of amides is 3. The molecular weight excluding hydrogens is 330 g/mol. The van der Waals surface area contributed by atoms with Gasteiger partial charge in [0.1, 0.15) is 12.1 Å². The van der Waals surface area contributed by atoms with E-state index in [1.807, 2.05) is 19.9 Å². The third kappa shape index (κ3) is 5.41. The van der Waals surface area contributed by atoms with Crippen molar-refractivity contribution in [2.24, 2.45) is 5.92 Å². The molecule has 0 fully saturated rings. The van der Waals surface area contributed by atoms with Crippen molar-refractivity contribution in [1.29, 1.82) is 0 Å². The van der Waals surface area contributed by atoms with Gasteiger partial charge in [0, 0.05) is 6.54 Å². The van der Waals surface area contributed by atoms with Crippen LogP contribution in [0.25, 0.3) is 0 Å². The van der Waals surface area contributed by atoms with E-state index in [1.54, 1.807) is 30.1 Å². The fourth-order valence-electron chi connectivity index (χ4n) is 1.78. The number of hydrogen-bond acceptors (Lipinski definition) is 6. The quantitative estimate of drug-likeness (QED) is 0.739. The van der Waals surface area contributed by atoms with Crippen molar-refractivity contribution in [2.45, 2.75) is 37.7 Å². The molecule has 0 aliphatic heterocycles. The minimum Gasteiger partial charge on any atom is -0.467 e. The highest BCUT2D eigenvalue weighted by atomic mass is 32.2. The highest BCUT2D eigenvalue weighted by molar-refractivity contribution is 8.00. The van der Waals surface area contributed by atoms with Crippen LogP contribution in [0, 0.1) is 5.92 Å². The number of nitrogens with one attached hydrogen (secondary N) is 2. The van der Waals surface area contributed by atoms with E-state index in [4.69, 9.17) is 4.42 Å². The Morgan fingerprint density at radius 3 is 2.83 bits per heavy atom. The third-order valence-electron chi connectivity index (χ3n) is 3.05. The molecule has 9 heteroatoms. The van der Waals surface area contributed by atoms with Crippen LogP contribution in [0.1, 0.15) is 26.5 Å². The molecule has 2 aromatic rings. The van der Waals surface area contributed by atoms with E-state index in [2.05, 4.69) is 20.8 Å². The van der Waals surface area contributed by atoms with Crippen LogP contribution >= 0.6 is 11.8 Å². The smallest absolute Gasteiger partial charge is 0.321 e. The lowest BCUT2D eigenvalue weighted by Gasteiger charge is -2.12. The number of urea groups is 1. The zero-order chi connectivity index (χ0) is 17.5. The number of carbonyl (C=O) groups is 2. The maximum atomic E-state index is 12.1. The minimum absolute atomic E-state index is 0.317. The molecule has 2 N–H and O–H groups in total. The van der Waals surface area contributed by atoms with Gasteiger partial charge >= 0.3 is 6.03 Å². The predicted molar refractivity (Wildman–Crippen MR) is 89.5 cm³/mol. The van der Waals surface area contributed by atoms with Crippen LogP contribution < -0.4 is 10.6 Å². The Hall–Kier alpha value is -2.29. The van der Waals surface area contributed by atoms with Gasteiger partial charge in [0.15, 0.2) is 5.16 Å². The summed E-state index contributed by atoms with van der Waals surface area (Å²) >= 11 is 1.23. The van der Waals surface area contributed by atoms with Gasteiger partial charge in [-0.15, -0.1) is 10.2 Å². The molecule has 8 nitrogen and oxygen atoms in total. The van der Waals surface area contributed by atoms with Crippen LogP contribution in [0.3, 0.4) is 0 Å². The van der Waals surface area contributed by atoms with Crippen LogP contribution in [-0.4, -0.2) is 38.5 Å². The summed E-state index contributed by atoms with van der Waals surface area (Å²) < 4.78 is 7.08. The lowest BCUT2D eigenvalue weighted by molar-refractivity contribution is -0.119. The topological polar surface area (TPSA) is 102 Å². The highest BCUT2D eigenvalue weighted by Crippen LogP contribution is 2.21. The molecule has 2 heterocycles. The number of aromatic nitrogens is 3. The first-order chi connectivity index (χ1) is 11.5. The molecular formula is C15H21N5O3S. The van der Waals surface area contributed by atoms with Crippen LogP contribution in [0.5, 0.6) is 0 Å². The van der Waals surface area contributed by atoms with Gasteiger partial charge in [-0.05, 0) is 25.0 Å². The minimum atomic E-state index is -0.491. The summed E-state index contributed by atoms with van der Waals surface area (Å²) in [5, 5.41) is 12.9. The lowest BCUT2D eigenvalue weighted by atomic mass is 10.2. The molecule has 0 radical (unpaired) electrons. The first-order valence-electron chi connectivity index (χ1n) is 7.61. The first-order valence-corrected chi connectivity index (χ1v) is 8.49. The Bertz CT molecular complexity index is 668. The van der Waals surface area contributed by atoms with E-state index in [0.29, 0.717) is 24.2 Å². The molecule has 0 saturated carbocycles. The van der Waals surface area contributed by atoms with E-state index in [0.717, 1.165) is 5.76 Å². The van der Waals surface area contributed by atoms with Gasteiger partial charge in [0.2, 0.25) is 5.91 Å². The van der Waals surface area contributed by atoms with Gasteiger partial charge in [-0.2, -0.15) is 0 Å². The van der Waals surface area contributed by atoms with Gasteiger partial charge < -0.3 is 14.3 Å². The van der Waals surface area contributed by atoms with Gasteiger partial charge in [0.05, 0.1) is 18.1 Å². The van der Waals surface area contributed by atoms with E-state index in [1.165, 1.54) is 11.8 Å². The largest absolute Gasteiger partial charge is 0.467 e. The molecule has 2 aromatic heterocycles. The number of hydrogen-bond donors (Lipinski definition) is 2. The summed E-state index contributed by atoms with van der Waals surface area (Å²) in [5.74, 6) is 0.702. The molecule has 0 aliphatic carbocycles. The number of rotatable bonds is 7. The number of thioether (sulfide) groups is 1. The van der Waals surface area contributed by atoms with Crippen molar-refractivity contribution in [2.75, 3.05) is 6.54 Å². The Morgan fingerprint density at radius 1 is 1.38 bits per heavy atom. The van der Waals surface area contributed by atoms with Gasteiger partial charge in [-0.25, -0.2) is 4.79 Å². The van der Waals surface area contributed by atoms with E-state index in [-0.39, 0.29) is 5.91 Å². The monoisotopic (exact) mass is 351 g/mol. The second kappa shape index (κ2) is 8.53. The Balaban J connectivity index is 1.87. The number of nitrogens with zero attached hydrogens (tertiary/aromatic N) is 3. The lowest BCUT2D eigenvalue weighted by Crippen LogP contribution is -2.43. The molecule has 2 rings (SSSR count). The normalized spacial score (nSPS) is 12.2. The molecule has 0 saturated heterocycles. The molecule has 0 aliphatic rings. The van der Waals surface area contributed by atoms with E-state index in [9.17, 15) is 9.59 Å². The van der Waals surface area contributed by atoms with Crippen molar-refractivity contribution in [3.8, 4) is 0 Å². The molecule has 0 aromatic carbocycles.